The minimum atomic E-state index is 0.632. The Labute approximate surface area is 129 Å². The lowest BCUT2D eigenvalue weighted by Gasteiger charge is -2.26. The molecule has 0 atom stereocenters. The van der Waals surface area contributed by atoms with Gasteiger partial charge >= 0.3 is 0 Å². The summed E-state index contributed by atoms with van der Waals surface area (Å²) in [6, 6.07) is 3.97. The molecule has 1 aliphatic carbocycles. The van der Waals surface area contributed by atoms with Crippen molar-refractivity contribution in [1.29, 1.82) is 0 Å². The summed E-state index contributed by atoms with van der Waals surface area (Å²) in [6.07, 6.45) is 9.48. The highest BCUT2D eigenvalue weighted by Crippen LogP contribution is 2.39. The highest BCUT2D eigenvalue weighted by Gasteiger charge is 2.23. The van der Waals surface area contributed by atoms with Crippen molar-refractivity contribution in [3.8, 4) is 11.4 Å². The molecule has 1 fully saturated rings. The number of hydrogen-bond donors (Lipinski definition) is 0. The molecule has 0 unspecified atom stereocenters. The van der Waals surface area contributed by atoms with Gasteiger partial charge in [-0.05, 0) is 50.3 Å². The van der Waals surface area contributed by atoms with Crippen molar-refractivity contribution in [3.05, 3.63) is 47.7 Å². The Balaban J connectivity index is 1.90. The number of aryl methyl sites for hydroxylation is 2. The third kappa shape index (κ3) is 2.15. The minimum absolute atomic E-state index is 0.632. The molecule has 110 valence electrons. The number of hydrogen-bond acceptors (Lipinski definition) is 4. The second-order valence-electron chi connectivity index (χ2n) is 6.07. The molecule has 0 aromatic carbocycles. The van der Waals surface area contributed by atoms with E-state index in [9.17, 15) is 0 Å². The van der Waals surface area contributed by atoms with Crippen LogP contribution in [0.2, 0.25) is 0 Å². The maximum Gasteiger partial charge on any atom is 0.160 e. The van der Waals surface area contributed by atoms with E-state index in [1.165, 1.54) is 30.2 Å². The van der Waals surface area contributed by atoms with E-state index in [2.05, 4.69) is 16.9 Å². The molecular weight excluding hydrogens is 272 g/mol. The molecule has 4 rings (SSSR count). The van der Waals surface area contributed by atoms with Crippen LogP contribution in [0.3, 0.4) is 0 Å². The Kier molecular flexibility index (Phi) is 3.10. The van der Waals surface area contributed by atoms with E-state index in [1.54, 1.807) is 6.20 Å². The third-order valence-corrected chi connectivity index (χ3v) is 4.52. The summed E-state index contributed by atoms with van der Waals surface area (Å²) in [7, 11) is 0. The van der Waals surface area contributed by atoms with E-state index in [0.29, 0.717) is 5.92 Å². The van der Waals surface area contributed by atoms with Crippen LogP contribution in [0.25, 0.3) is 22.3 Å². The van der Waals surface area contributed by atoms with E-state index in [-0.39, 0.29) is 0 Å². The first kappa shape index (κ1) is 13.3. The van der Waals surface area contributed by atoms with Crippen LogP contribution in [0.1, 0.15) is 42.1 Å². The van der Waals surface area contributed by atoms with E-state index in [1.807, 2.05) is 31.5 Å². The largest absolute Gasteiger partial charge is 0.262 e. The highest BCUT2D eigenvalue weighted by molar-refractivity contribution is 5.85. The monoisotopic (exact) mass is 290 g/mol. The maximum atomic E-state index is 4.75. The summed E-state index contributed by atoms with van der Waals surface area (Å²) in [5.74, 6) is 1.38. The Morgan fingerprint density at radius 1 is 1.09 bits per heavy atom. The van der Waals surface area contributed by atoms with Gasteiger partial charge in [-0.3, -0.25) is 9.97 Å². The minimum Gasteiger partial charge on any atom is -0.262 e. The Hall–Kier alpha value is -2.36. The molecule has 3 aromatic rings. The molecule has 0 N–H and O–H groups in total. The van der Waals surface area contributed by atoms with Crippen LogP contribution >= 0.6 is 0 Å². The summed E-state index contributed by atoms with van der Waals surface area (Å²) in [6.45, 7) is 4.05. The summed E-state index contributed by atoms with van der Waals surface area (Å²) < 4.78 is 0. The zero-order chi connectivity index (χ0) is 15.1. The molecule has 0 spiro atoms. The number of rotatable bonds is 2. The van der Waals surface area contributed by atoms with Crippen LogP contribution in [-0.2, 0) is 0 Å². The van der Waals surface area contributed by atoms with Gasteiger partial charge in [-0.1, -0.05) is 6.42 Å². The van der Waals surface area contributed by atoms with Crippen LogP contribution in [0.5, 0.6) is 0 Å². The quantitative estimate of drug-likeness (QED) is 0.716. The lowest BCUT2D eigenvalue weighted by molar-refractivity contribution is 0.421. The first-order valence-electron chi connectivity index (χ1n) is 7.77. The summed E-state index contributed by atoms with van der Waals surface area (Å²) >= 11 is 0. The van der Waals surface area contributed by atoms with Crippen LogP contribution in [0.15, 0.2) is 30.7 Å². The van der Waals surface area contributed by atoms with Gasteiger partial charge in [0, 0.05) is 34.7 Å². The molecule has 0 bridgehead atoms. The molecule has 1 aliphatic rings. The molecule has 3 aromatic heterocycles. The van der Waals surface area contributed by atoms with Crippen molar-refractivity contribution in [1.82, 2.24) is 19.9 Å². The Morgan fingerprint density at radius 2 is 1.95 bits per heavy atom. The predicted octanol–water partition coefficient (Wildman–Crippen LogP) is 3.97. The average molecular weight is 290 g/mol. The Bertz CT molecular complexity index is 853. The van der Waals surface area contributed by atoms with Crippen molar-refractivity contribution in [2.24, 2.45) is 0 Å². The van der Waals surface area contributed by atoms with Crippen molar-refractivity contribution >= 4 is 10.9 Å². The van der Waals surface area contributed by atoms with Gasteiger partial charge in [0.25, 0.3) is 0 Å². The van der Waals surface area contributed by atoms with Gasteiger partial charge in [-0.2, -0.15) is 0 Å². The molecule has 0 radical (unpaired) electrons. The standard InChI is InChI=1S/C18H18N4/c1-11-8-14(6-7-20-11)18-21-12(2)17-15(13-4-3-5-13)9-19-10-16(17)22-18/h6-10,13H,3-5H2,1-2H3. The van der Waals surface area contributed by atoms with Gasteiger partial charge in [0.15, 0.2) is 5.82 Å². The summed E-state index contributed by atoms with van der Waals surface area (Å²) in [5.41, 5.74) is 5.28. The van der Waals surface area contributed by atoms with Crippen LogP contribution in [0, 0.1) is 13.8 Å². The van der Waals surface area contributed by atoms with Crippen LogP contribution < -0.4 is 0 Å². The number of nitrogens with zero attached hydrogens (tertiary/aromatic N) is 4. The van der Waals surface area contributed by atoms with Gasteiger partial charge in [0.1, 0.15) is 0 Å². The zero-order valence-electron chi connectivity index (χ0n) is 12.9. The summed E-state index contributed by atoms with van der Waals surface area (Å²) in [5, 5.41) is 1.19. The normalized spacial score (nSPS) is 15.0. The molecule has 0 amide bonds. The molecule has 0 saturated heterocycles. The smallest absolute Gasteiger partial charge is 0.160 e. The second kappa shape index (κ2) is 5.13. The zero-order valence-corrected chi connectivity index (χ0v) is 12.9. The highest BCUT2D eigenvalue weighted by atomic mass is 14.9. The summed E-state index contributed by atoms with van der Waals surface area (Å²) in [4.78, 5) is 18.1. The first-order chi connectivity index (χ1) is 10.7. The lowest BCUT2D eigenvalue weighted by atomic mass is 9.79. The molecule has 1 saturated carbocycles. The molecular formula is C18H18N4. The number of aromatic nitrogens is 4. The van der Waals surface area contributed by atoms with Gasteiger partial charge in [-0.15, -0.1) is 0 Å². The fraction of sp³-hybridized carbons (Fsp3) is 0.333. The van der Waals surface area contributed by atoms with E-state index >= 15 is 0 Å². The molecule has 4 heteroatoms. The fourth-order valence-electron chi connectivity index (χ4n) is 3.14. The number of fused-ring (bicyclic) bond motifs is 1. The van der Waals surface area contributed by atoms with Gasteiger partial charge < -0.3 is 0 Å². The average Bonchev–Trinajstić information content (AvgIpc) is 2.45. The van der Waals surface area contributed by atoms with E-state index < -0.39 is 0 Å². The van der Waals surface area contributed by atoms with Gasteiger partial charge in [-0.25, -0.2) is 9.97 Å². The van der Waals surface area contributed by atoms with Gasteiger partial charge in [0.05, 0.1) is 11.7 Å². The topological polar surface area (TPSA) is 51.6 Å². The second-order valence-corrected chi connectivity index (χ2v) is 6.07. The van der Waals surface area contributed by atoms with Crippen molar-refractivity contribution in [3.63, 3.8) is 0 Å². The van der Waals surface area contributed by atoms with Gasteiger partial charge in [0.2, 0.25) is 0 Å². The Morgan fingerprint density at radius 3 is 2.68 bits per heavy atom. The first-order valence-corrected chi connectivity index (χ1v) is 7.77. The predicted molar refractivity (Wildman–Crippen MR) is 86.6 cm³/mol. The lowest BCUT2D eigenvalue weighted by Crippen LogP contribution is -2.11. The van der Waals surface area contributed by atoms with Crippen molar-refractivity contribution < 1.29 is 0 Å². The molecule has 0 aliphatic heterocycles. The maximum absolute atomic E-state index is 4.75. The molecule has 4 nitrogen and oxygen atoms in total. The molecule has 3 heterocycles. The molecule has 22 heavy (non-hydrogen) atoms. The van der Waals surface area contributed by atoms with Crippen molar-refractivity contribution in [2.75, 3.05) is 0 Å². The SMILES string of the molecule is Cc1cc(-c2nc(C)c3c(C4CCC4)cncc3n2)ccn1. The van der Waals surface area contributed by atoms with Crippen molar-refractivity contribution in [2.45, 2.75) is 39.0 Å². The van der Waals surface area contributed by atoms with E-state index in [0.717, 1.165) is 28.3 Å². The third-order valence-electron chi connectivity index (χ3n) is 4.52. The van der Waals surface area contributed by atoms with Crippen LogP contribution in [0.4, 0.5) is 0 Å². The fourth-order valence-corrected chi connectivity index (χ4v) is 3.14. The van der Waals surface area contributed by atoms with Crippen LogP contribution in [-0.4, -0.2) is 19.9 Å². The number of pyridine rings is 2. The van der Waals surface area contributed by atoms with E-state index in [4.69, 9.17) is 9.97 Å².